The Hall–Kier alpha value is -0.830. The van der Waals surface area contributed by atoms with Gasteiger partial charge in [0, 0.05) is 30.9 Å². The predicted molar refractivity (Wildman–Crippen MR) is 79.9 cm³/mol. The van der Waals surface area contributed by atoms with Crippen molar-refractivity contribution in [2.24, 2.45) is 17.6 Å². The van der Waals surface area contributed by atoms with Crippen LogP contribution in [0.15, 0.2) is 12.4 Å². The minimum absolute atomic E-state index is 0.0377. The van der Waals surface area contributed by atoms with Crippen LogP contribution in [-0.2, 0) is 13.0 Å². The molecule has 1 aliphatic carbocycles. The molecule has 2 atom stereocenters. The van der Waals surface area contributed by atoms with Crippen LogP contribution < -0.4 is 5.73 Å². The molecule has 0 bridgehead atoms. The van der Waals surface area contributed by atoms with Gasteiger partial charge in [0.25, 0.3) is 0 Å². The smallest absolute Gasteiger partial charge is 0.110 e. The Morgan fingerprint density at radius 3 is 3.00 bits per heavy atom. The second-order valence-corrected chi connectivity index (χ2v) is 6.68. The Labute approximate surface area is 117 Å². The summed E-state index contributed by atoms with van der Waals surface area (Å²) < 4.78 is 2.27. The Balaban J connectivity index is 2.05. The molecule has 19 heavy (non-hydrogen) atoms. The lowest BCUT2D eigenvalue weighted by atomic mass is 9.71. The number of aromatic nitrogens is 2. The van der Waals surface area contributed by atoms with E-state index in [1.807, 2.05) is 6.20 Å². The van der Waals surface area contributed by atoms with Gasteiger partial charge in [0.05, 0.1) is 0 Å². The van der Waals surface area contributed by atoms with E-state index in [4.69, 9.17) is 5.73 Å². The van der Waals surface area contributed by atoms with Crippen molar-refractivity contribution in [1.29, 1.82) is 0 Å². The van der Waals surface area contributed by atoms with E-state index in [-0.39, 0.29) is 5.54 Å². The standard InChI is InChI=1S/C16H29N3/c1-4-9-19-10-8-18-15(19)12-16(17)7-5-6-14(11-16)13(2)3/h8,10,13-14H,4-7,9,11-12,17H2,1-3H3. The van der Waals surface area contributed by atoms with Crippen LogP contribution in [0.3, 0.4) is 0 Å². The highest BCUT2D eigenvalue weighted by molar-refractivity contribution is 5.03. The van der Waals surface area contributed by atoms with E-state index in [1.54, 1.807) is 0 Å². The van der Waals surface area contributed by atoms with Crippen molar-refractivity contribution < 1.29 is 0 Å². The Morgan fingerprint density at radius 2 is 2.32 bits per heavy atom. The summed E-state index contributed by atoms with van der Waals surface area (Å²) in [6.07, 6.45) is 11.0. The van der Waals surface area contributed by atoms with Crippen molar-refractivity contribution in [3.63, 3.8) is 0 Å². The summed E-state index contributed by atoms with van der Waals surface area (Å²) in [7, 11) is 0. The van der Waals surface area contributed by atoms with Crippen LogP contribution in [0.2, 0.25) is 0 Å². The molecule has 1 saturated carbocycles. The maximum absolute atomic E-state index is 6.69. The number of nitrogens with two attached hydrogens (primary N) is 1. The maximum Gasteiger partial charge on any atom is 0.110 e. The topological polar surface area (TPSA) is 43.8 Å². The minimum atomic E-state index is -0.0377. The SMILES string of the molecule is CCCn1ccnc1CC1(N)CCCC(C(C)C)C1. The van der Waals surface area contributed by atoms with Gasteiger partial charge in [-0.05, 0) is 31.1 Å². The molecule has 1 aromatic rings. The van der Waals surface area contributed by atoms with Crippen LogP contribution in [0, 0.1) is 11.8 Å². The fraction of sp³-hybridized carbons (Fsp3) is 0.812. The number of nitrogens with zero attached hydrogens (tertiary/aromatic N) is 2. The first kappa shape index (κ1) is 14.6. The molecular formula is C16H29N3. The molecule has 1 heterocycles. The summed E-state index contributed by atoms with van der Waals surface area (Å²) in [6.45, 7) is 7.92. The second kappa shape index (κ2) is 6.08. The highest BCUT2D eigenvalue weighted by atomic mass is 15.1. The monoisotopic (exact) mass is 263 g/mol. The van der Waals surface area contributed by atoms with E-state index in [1.165, 1.54) is 18.7 Å². The van der Waals surface area contributed by atoms with E-state index in [9.17, 15) is 0 Å². The molecule has 1 fully saturated rings. The molecule has 2 unspecified atom stereocenters. The Kier molecular flexibility index (Phi) is 4.67. The van der Waals surface area contributed by atoms with E-state index in [2.05, 4.69) is 36.5 Å². The fourth-order valence-electron chi connectivity index (χ4n) is 3.44. The molecule has 1 aromatic heterocycles. The van der Waals surface area contributed by atoms with Gasteiger partial charge in [-0.2, -0.15) is 0 Å². The molecule has 3 nitrogen and oxygen atoms in total. The molecule has 2 N–H and O–H groups in total. The highest BCUT2D eigenvalue weighted by Crippen LogP contribution is 2.36. The highest BCUT2D eigenvalue weighted by Gasteiger charge is 2.35. The van der Waals surface area contributed by atoms with Crippen molar-refractivity contribution in [3.8, 4) is 0 Å². The summed E-state index contributed by atoms with van der Waals surface area (Å²) in [5.74, 6) is 2.71. The van der Waals surface area contributed by atoms with Crippen molar-refractivity contribution in [2.75, 3.05) is 0 Å². The van der Waals surface area contributed by atoms with E-state index in [0.29, 0.717) is 0 Å². The maximum atomic E-state index is 6.69. The quantitative estimate of drug-likeness (QED) is 0.885. The zero-order valence-corrected chi connectivity index (χ0v) is 12.7. The van der Waals surface area contributed by atoms with Gasteiger partial charge in [0.15, 0.2) is 0 Å². The van der Waals surface area contributed by atoms with E-state index >= 15 is 0 Å². The van der Waals surface area contributed by atoms with Crippen molar-refractivity contribution in [2.45, 2.75) is 71.4 Å². The van der Waals surface area contributed by atoms with E-state index < -0.39 is 0 Å². The van der Waals surface area contributed by atoms with Crippen LogP contribution in [0.5, 0.6) is 0 Å². The van der Waals surface area contributed by atoms with E-state index in [0.717, 1.165) is 44.1 Å². The third-order valence-electron chi connectivity index (χ3n) is 4.64. The van der Waals surface area contributed by atoms with Gasteiger partial charge in [-0.1, -0.05) is 33.6 Å². The van der Waals surface area contributed by atoms with Gasteiger partial charge in [-0.3, -0.25) is 0 Å². The lowest BCUT2D eigenvalue weighted by molar-refractivity contribution is 0.179. The van der Waals surface area contributed by atoms with Gasteiger partial charge in [-0.15, -0.1) is 0 Å². The number of rotatable bonds is 5. The molecule has 0 spiro atoms. The summed E-state index contributed by atoms with van der Waals surface area (Å²) in [5, 5.41) is 0. The molecule has 0 aliphatic heterocycles. The zero-order valence-electron chi connectivity index (χ0n) is 12.7. The summed E-state index contributed by atoms with van der Waals surface area (Å²) in [6, 6.07) is 0. The second-order valence-electron chi connectivity index (χ2n) is 6.68. The van der Waals surface area contributed by atoms with Gasteiger partial charge < -0.3 is 10.3 Å². The summed E-state index contributed by atoms with van der Waals surface area (Å²) in [5.41, 5.74) is 6.65. The predicted octanol–water partition coefficient (Wildman–Crippen LogP) is 3.38. The first-order valence-electron chi connectivity index (χ1n) is 7.83. The van der Waals surface area contributed by atoms with Crippen LogP contribution >= 0.6 is 0 Å². The third-order valence-corrected chi connectivity index (χ3v) is 4.64. The van der Waals surface area contributed by atoms with Crippen LogP contribution in [-0.4, -0.2) is 15.1 Å². The minimum Gasteiger partial charge on any atom is -0.335 e. The Bertz CT molecular complexity index is 396. The molecule has 2 rings (SSSR count). The lowest BCUT2D eigenvalue weighted by Crippen LogP contribution is -2.47. The van der Waals surface area contributed by atoms with Crippen LogP contribution in [0.25, 0.3) is 0 Å². The number of hydrogen-bond acceptors (Lipinski definition) is 2. The van der Waals surface area contributed by atoms with Crippen molar-refractivity contribution in [3.05, 3.63) is 18.2 Å². The van der Waals surface area contributed by atoms with Gasteiger partial charge in [-0.25, -0.2) is 4.98 Å². The first-order chi connectivity index (χ1) is 9.04. The molecule has 0 amide bonds. The van der Waals surface area contributed by atoms with Crippen molar-refractivity contribution in [1.82, 2.24) is 9.55 Å². The molecule has 3 heteroatoms. The number of aryl methyl sites for hydroxylation is 1. The van der Waals surface area contributed by atoms with Gasteiger partial charge >= 0.3 is 0 Å². The lowest BCUT2D eigenvalue weighted by Gasteiger charge is -2.39. The Morgan fingerprint density at radius 1 is 1.53 bits per heavy atom. The summed E-state index contributed by atoms with van der Waals surface area (Å²) >= 11 is 0. The molecule has 0 saturated heterocycles. The number of hydrogen-bond donors (Lipinski definition) is 1. The summed E-state index contributed by atoms with van der Waals surface area (Å²) in [4.78, 5) is 4.53. The van der Waals surface area contributed by atoms with Crippen molar-refractivity contribution >= 4 is 0 Å². The third kappa shape index (κ3) is 3.59. The fourth-order valence-corrected chi connectivity index (χ4v) is 3.44. The molecular weight excluding hydrogens is 234 g/mol. The number of imidazole rings is 1. The first-order valence-corrected chi connectivity index (χ1v) is 7.83. The van der Waals surface area contributed by atoms with Gasteiger partial charge in [0.2, 0.25) is 0 Å². The molecule has 108 valence electrons. The normalized spacial score (nSPS) is 27.9. The van der Waals surface area contributed by atoms with Crippen LogP contribution in [0.1, 0.15) is 58.7 Å². The molecule has 0 radical (unpaired) electrons. The van der Waals surface area contributed by atoms with Gasteiger partial charge in [0.1, 0.15) is 5.82 Å². The zero-order chi connectivity index (χ0) is 13.9. The average molecular weight is 263 g/mol. The molecule has 0 aromatic carbocycles. The average Bonchev–Trinajstić information content (AvgIpc) is 2.76. The van der Waals surface area contributed by atoms with Crippen LogP contribution in [0.4, 0.5) is 0 Å². The molecule has 1 aliphatic rings. The largest absolute Gasteiger partial charge is 0.335 e.